The van der Waals surface area contributed by atoms with E-state index in [4.69, 9.17) is 10.2 Å². The molecule has 0 aromatic heterocycles. The lowest BCUT2D eigenvalue weighted by Crippen LogP contribution is -2.10. The molecule has 0 radical (unpaired) electrons. The molecule has 0 fully saturated rings. The van der Waals surface area contributed by atoms with Gasteiger partial charge in [-0.3, -0.25) is 10.1 Å². The number of benzene rings is 1. The average molecular weight is 271 g/mol. The van der Waals surface area contributed by atoms with E-state index in [1.807, 2.05) is 0 Å². The molecule has 1 rings (SSSR count). The highest BCUT2D eigenvalue weighted by atomic mass is 32.2. The molecule has 0 saturated heterocycles. The van der Waals surface area contributed by atoms with E-state index in [0.29, 0.717) is 5.75 Å². The van der Waals surface area contributed by atoms with Crippen LogP contribution in [-0.4, -0.2) is 32.8 Å². The summed E-state index contributed by atoms with van der Waals surface area (Å²) < 4.78 is 0. The molecule has 0 bridgehead atoms. The molecule has 8 heteroatoms. The molecule has 96 valence electrons. The second-order valence-corrected chi connectivity index (χ2v) is 4.47. The number of non-ortho nitro benzene ring substituents is 1. The highest BCUT2D eigenvalue weighted by Crippen LogP contribution is 2.30. The zero-order valence-electron chi connectivity index (χ0n) is 9.24. The van der Waals surface area contributed by atoms with Crippen LogP contribution in [0, 0.1) is 10.1 Å². The van der Waals surface area contributed by atoms with Crippen LogP contribution >= 0.6 is 11.8 Å². The standard InChI is InChI=1S/C10H9NO6S/c1-2-18-7-4-5(11(16)17)3-6(9(12)13)8(7)10(14)15/h3-4H,2H2,1H3,(H,12,13)(H,14,15). The number of nitro benzene ring substituents is 1. The van der Waals surface area contributed by atoms with Crippen molar-refractivity contribution in [3.63, 3.8) is 0 Å². The maximum absolute atomic E-state index is 11.1. The Balaban J connectivity index is 3.59. The summed E-state index contributed by atoms with van der Waals surface area (Å²) in [6.07, 6.45) is 0. The van der Waals surface area contributed by atoms with Gasteiger partial charge in [0.2, 0.25) is 0 Å². The van der Waals surface area contributed by atoms with E-state index >= 15 is 0 Å². The van der Waals surface area contributed by atoms with Crippen molar-refractivity contribution >= 4 is 29.4 Å². The Morgan fingerprint density at radius 1 is 1.33 bits per heavy atom. The summed E-state index contributed by atoms with van der Waals surface area (Å²) >= 11 is 1.04. The summed E-state index contributed by atoms with van der Waals surface area (Å²) in [5, 5.41) is 28.6. The van der Waals surface area contributed by atoms with Crippen LogP contribution in [0.4, 0.5) is 5.69 Å². The van der Waals surface area contributed by atoms with Gasteiger partial charge in [-0.1, -0.05) is 6.92 Å². The second kappa shape index (κ2) is 5.50. The summed E-state index contributed by atoms with van der Waals surface area (Å²) in [5.74, 6) is -2.45. The number of hydrogen-bond donors (Lipinski definition) is 2. The van der Waals surface area contributed by atoms with Gasteiger partial charge in [0.05, 0.1) is 16.1 Å². The molecule has 0 spiro atoms. The number of hydrogen-bond acceptors (Lipinski definition) is 5. The Morgan fingerprint density at radius 3 is 2.33 bits per heavy atom. The van der Waals surface area contributed by atoms with Gasteiger partial charge >= 0.3 is 11.9 Å². The molecular formula is C10H9NO6S. The number of carbonyl (C=O) groups is 2. The molecule has 18 heavy (non-hydrogen) atoms. The minimum Gasteiger partial charge on any atom is -0.478 e. The van der Waals surface area contributed by atoms with E-state index in [0.717, 1.165) is 23.9 Å². The molecule has 0 unspecified atom stereocenters. The molecular weight excluding hydrogens is 262 g/mol. The van der Waals surface area contributed by atoms with Crippen LogP contribution in [0.15, 0.2) is 17.0 Å². The van der Waals surface area contributed by atoms with Crippen LogP contribution in [0.1, 0.15) is 27.6 Å². The normalized spacial score (nSPS) is 10.1. The first-order valence-corrected chi connectivity index (χ1v) is 5.78. The summed E-state index contributed by atoms with van der Waals surface area (Å²) in [6.45, 7) is 1.73. The van der Waals surface area contributed by atoms with E-state index in [2.05, 4.69) is 0 Å². The molecule has 0 aliphatic rings. The van der Waals surface area contributed by atoms with Crippen molar-refractivity contribution in [1.29, 1.82) is 0 Å². The Bertz CT molecular complexity index is 527. The largest absolute Gasteiger partial charge is 0.478 e. The lowest BCUT2D eigenvalue weighted by atomic mass is 10.1. The van der Waals surface area contributed by atoms with Gasteiger partial charge in [0.15, 0.2) is 0 Å². The Labute approximate surface area is 106 Å². The number of nitrogens with zero attached hydrogens (tertiary/aromatic N) is 1. The molecule has 7 nitrogen and oxygen atoms in total. The third-order valence-electron chi connectivity index (χ3n) is 2.04. The van der Waals surface area contributed by atoms with E-state index in [1.165, 1.54) is 0 Å². The van der Waals surface area contributed by atoms with Gasteiger partial charge in [0.1, 0.15) is 0 Å². The Kier molecular flexibility index (Phi) is 4.27. The third kappa shape index (κ3) is 2.77. The molecule has 0 heterocycles. The zero-order chi connectivity index (χ0) is 13.9. The summed E-state index contributed by atoms with van der Waals surface area (Å²) in [5.41, 5.74) is -1.43. The van der Waals surface area contributed by atoms with Gasteiger partial charge in [-0.2, -0.15) is 0 Å². The van der Waals surface area contributed by atoms with Gasteiger partial charge in [-0.25, -0.2) is 9.59 Å². The van der Waals surface area contributed by atoms with E-state index < -0.39 is 33.7 Å². The Morgan fingerprint density at radius 2 is 1.94 bits per heavy atom. The van der Waals surface area contributed by atoms with Crippen LogP contribution in [0.25, 0.3) is 0 Å². The third-order valence-corrected chi connectivity index (χ3v) is 2.96. The molecule has 0 amide bonds. The summed E-state index contributed by atoms with van der Waals surface area (Å²) in [6, 6.07) is 1.83. The molecule has 2 N–H and O–H groups in total. The Hall–Kier alpha value is -2.09. The predicted molar refractivity (Wildman–Crippen MR) is 63.4 cm³/mol. The van der Waals surface area contributed by atoms with Gasteiger partial charge in [-0.05, 0) is 5.75 Å². The monoisotopic (exact) mass is 271 g/mol. The first-order valence-electron chi connectivity index (χ1n) is 4.80. The van der Waals surface area contributed by atoms with E-state index in [-0.39, 0.29) is 4.90 Å². The van der Waals surface area contributed by atoms with Crippen LogP contribution in [0.5, 0.6) is 0 Å². The second-order valence-electron chi connectivity index (χ2n) is 3.17. The van der Waals surface area contributed by atoms with Gasteiger partial charge < -0.3 is 10.2 Å². The number of aromatic carboxylic acids is 2. The quantitative estimate of drug-likeness (QED) is 0.478. The maximum atomic E-state index is 11.1. The molecule has 0 aliphatic carbocycles. The first-order chi connectivity index (χ1) is 8.38. The van der Waals surface area contributed by atoms with Crippen molar-refractivity contribution in [1.82, 2.24) is 0 Å². The van der Waals surface area contributed by atoms with Gasteiger partial charge in [0, 0.05) is 17.0 Å². The van der Waals surface area contributed by atoms with Crippen LogP contribution in [0.3, 0.4) is 0 Å². The van der Waals surface area contributed by atoms with Crippen molar-refractivity contribution < 1.29 is 24.7 Å². The fraction of sp³-hybridized carbons (Fsp3) is 0.200. The van der Waals surface area contributed by atoms with Gasteiger partial charge in [-0.15, -0.1) is 11.8 Å². The number of nitro groups is 1. The summed E-state index contributed by atoms with van der Waals surface area (Å²) in [4.78, 5) is 32.0. The summed E-state index contributed by atoms with van der Waals surface area (Å²) in [7, 11) is 0. The fourth-order valence-corrected chi connectivity index (χ4v) is 2.22. The lowest BCUT2D eigenvalue weighted by Gasteiger charge is -2.07. The van der Waals surface area contributed by atoms with Crippen molar-refractivity contribution in [2.45, 2.75) is 11.8 Å². The SMILES string of the molecule is CCSc1cc([N+](=O)[O-])cc(C(=O)O)c1C(=O)O. The number of carboxylic acid groups (broad SMARTS) is 2. The van der Waals surface area contributed by atoms with Crippen molar-refractivity contribution in [2.24, 2.45) is 0 Å². The molecule has 1 aromatic carbocycles. The molecule has 1 aromatic rings. The smallest absolute Gasteiger partial charge is 0.337 e. The molecule has 0 atom stereocenters. The minimum absolute atomic E-state index is 0.0802. The van der Waals surface area contributed by atoms with Crippen LogP contribution in [0.2, 0.25) is 0 Å². The van der Waals surface area contributed by atoms with Crippen LogP contribution < -0.4 is 0 Å². The number of rotatable bonds is 5. The highest BCUT2D eigenvalue weighted by molar-refractivity contribution is 7.99. The number of carboxylic acids is 2. The number of thioether (sulfide) groups is 1. The van der Waals surface area contributed by atoms with E-state index in [9.17, 15) is 19.7 Å². The zero-order valence-corrected chi connectivity index (χ0v) is 10.1. The lowest BCUT2D eigenvalue weighted by molar-refractivity contribution is -0.385. The van der Waals surface area contributed by atoms with Gasteiger partial charge in [0.25, 0.3) is 5.69 Å². The van der Waals surface area contributed by atoms with Crippen LogP contribution in [-0.2, 0) is 0 Å². The maximum Gasteiger partial charge on any atom is 0.337 e. The average Bonchev–Trinajstić information content (AvgIpc) is 2.27. The van der Waals surface area contributed by atoms with Crippen molar-refractivity contribution in [3.05, 3.63) is 33.4 Å². The fourth-order valence-electron chi connectivity index (χ4n) is 1.36. The molecule has 0 aliphatic heterocycles. The predicted octanol–water partition coefficient (Wildman–Crippen LogP) is 2.10. The van der Waals surface area contributed by atoms with Crippen molar-refractivity contribution in [3.8, 4) is 0 Å². The first kappa shape index (κ1) is 14.0. The topological polar surface area (TPSA) is 118 Å². The van der Waals surface area contributed by atoms with Crippen molar-refractivity contribution in [2.75, 3.05) is 5.75 Å². The minimum atomic E-state index is -1.51. The van der Waals surface area contributed by atoms with E-state index in [1.54, 1.807) is 6.92 Å². The highest BCUT2D eigenvalue weighted by Gasteiger charge is 2.24. The molecule has 0 saturated carbocycles.